The van der Waals surface area contributed by atoms with Crippen molar-refractivity contribution in [1.29, 1.82) is 0 Å². The minimum absolute atomic E-state index is 0.465. The maximum atomic E-state index is 10.2. The summed E-state index contributed by atoms with van der Waals surface area (Å²) in [7, 11) is 0. The third-order valence-electron chi connectivity index (χ3n) is 0.607. The fourth-order valence-electron chi connectivity index (χ4n) is 0.236. The maximum absolute atomic E-state index is 10.2. The van der Waals surface area contributed by atoms with Crippen LogP contribution in [0.15, 0.2) is 0 Å². The lowest BCUT2D eigenvalue weighted by Gasteiger charge is -1.95. The molecular formula is C3H7N3O3. The van der Waals surface area contributed by atoms with E-state index in [-0.39, 0.29) is 0 Å². The average Bonchev–Trinajstić information content (AvgIpc) is 1.87. The molecule has 6 heteroatoms. The van der Waals surface area contributed by atoms with E-state index in [1.165, 1.54) is 5.48 Å². The van der Waals surface area contributed by atoms with Gasteiger partial charge in [0.25, 0.3) is 5.91 Å². The SMILES string of the molecule is NNC(=O)CC(=O)NO. The highest BCUT2D eigenvalue weighted by Crippen LogP contribution is 1.74. The zero-order valence-corrected chi connectivity index (χ0v) is 4.55. The minimum atomic E-state index is -0.794. The summed E-state index contributed by atoms with van der Waals surface area (Å²) in [5.74, 6) is 3.17. The number of hydroxylamine groups is 1. The van der Waals surface area contributed by atoms with Crippen LogP contribution < -0.4 is 16.7 Å². The Hall–Kier alpha value is -1.14. The third-order valence-corrected chi connectivity index (χ3v) is 0.607. The summed E-state index contributed by atoms with van der Waals surface area (Å²) in [6.07, 6.45) is -0.465. The Morgan fingerprint density at radius 2 is 2.00 bits per heavy atom. The molecule has 0 spiro atoms. The molecule has 0 heterocycles. The lowest BCUT2D eigenvalue weighted by Crippen LogP contribution is -2.34. The molecule has 5 N–H and O–H groups in total. The van der Waals surface area contributed by atoms with Gasteiger partial charge in [0.05, 0.1) is 0 Å². The second kappa shape index (κ2) is 3.81. The number of rotatable bonds is 2. The molecule has 0 unspecified atom stereocenters. The van der Waals surface area contributed by atoms with Crippen LogP contribution in [0.4, 0.5) is 0 Å². The molecule has 0 bridgehead atoms. The molecule has 0 aromatic rings. The standard InChI is InChI=1S/C3H7N3O3/c4-5-2(7)1-3(8)6-9/h9H,1,4H2,(H,5,7)(H,6,8). The third kappa shape index (κ3) is 3.44. The molecule has 0 radical (unpaired) electrons. The van der Waals surface area contributed by atoms with Crippen molar-refractivity contribution in [3.63, 3.8) is 0 Å². The van der Waals surface area contributed by atoms with Crippen molar-refractivity contribution in [2.75, 3.05) is 0 Å². The number of carbonyl (C=O) groups is 2. The normalized spacial score (nSPS) is 8.22. The van der Waals surface area contributed by atoms with E-state index < -0.39 is 18.2 Å². The van der Waals surface area contributed by atoms with Crippen LogP contribution in [-0.4, -0.2) is 17.0 Å². The van der Waals surface area contributed by atoms with Gasteiger partial charge < -0.3 is 0 Å². The Balaban J connectivity index is 3.47. The van der Waals surface area contributed by atoms with Gasteiger partial charge in [-0.1, -0.05) is 0 Å². The van der Waals surface area contributed by atoms with Crippen LogP contribution in [0.5, 0.6) is 0 Å². The van der Waals surface area contributed by atoms with Crippen molar-refractivity contribution in [2.24, 2.45) is 5.84 Å². The second-order valence-corrected chi connectivity index (χ2v) is 1.28. The molecule has 0 aliphatic rings. The fraction of sp³-hybridized carbons (Fsp3) is 0.333. The van der Waals surface area contributed by atoms with E-state index in [4.69, 9.17) is 5.21 Å². The van der Waals surface area contributed by atoms with Gasteiger partial charge in [0, 0.05) is 0 Å². The first-order chi connectivity index (χ1) is 4.20. The predicted molar refractivity (Wildman–Crippen MR) is 26.9 cm³/mol. The molecule has 0 aliphatic heterocycles. The lowest BCUT2D eigenvalue weighted by molar-refractivity contribution is -0.134. The molecule has 0 aliphatic carbocycles. The van der Waals surface area contributed by atoms with E-state index in [2.05, 4.69) is 5.84 Å². The number of amides is 2. The summed E-state index contributed by atoms with van der Waals surface area (Å²) in [6.45, 7) is 0. The quantitative estimate of drug-likeness (QED) is 0.113. The first-order valence-electron chi connectivity index (χ1n) is 2.13. The van der Waals surface area contributed by atoms with Gasteiger partial charge in [-0.3, -0.25) is 20.2 Å². The Bertz CT molecular complexity index is 109. The number of nitrogens with two attached hydrogens (primary N) is 1. The van der Waals surface area contributed by atoms with E-state index in [0.717, 1.165) is 0 Å². The van der Waals surface area contributed by atoms with Crippen LogP contribution in [-0.2, 0) is 9.59 Å². The van der Waals surface area contributed by atoms with Gasteiger partial charge in [0.1, 0.15) is 6.42 Å². The highest BCUT2D eigenvalue weighted by atomic mass is 16.5. The predicted octanol–water partition coefficient (Wildman–Crippen LogP) is -2.13. The van der Waals surface area contributed by atoms with Crippen LogP contribution in [0, 0.1) is 0 Å². The van der Waals surface area contributed by atoms with Crippen LogP contribution >= 0.6 is 0 Å². The smallest absolute Gasteiger partial charge is 0.252 e. The Morgan fingerprint density at radius 3 is 2.33 bits per heavy atom. The number of carbonyl (C=O) groups excluding carboxylic acids is 2. The van der Waals surface area contributed by atoms with Crippen molar-refractivity contribution in [1.82, 2.24) is 10.9 Å². The van der Waals surface area contributed by atoms with Crippen LogP contribution in [0.2, 0.25) is 0 Å². The molecule has 0 aromatic heterocycles. The molecule has 52 valence electrons. The Labute approximate surface area is 51.0 Å². The van der Waals surface area contributed by atoms with E-state index in [1.54, 1.807) is 5.43 Å². The summed E-state index contributed by atoms with van der Waals surface area (Å²) in [6, 6.07) is 0. The van der Waals surface area contributed by atoms with Crippen molar-refractivity contribution in [3.05, 3.63) is 0 Å². The first kappa shape index (κ1) is 7.86. The van der Waals surface area contributed by atoms with Gasteiger partial charge >= 0.3 is 0 Å². The molecule has 0 fully saturated rings. The zero-order valence-electron chi connectivity index (χ0n) is 4.55. The molecule has 9 heavy (non-hydrogen) atoms. The second-order valence-electron chi connectivity index (χ2n) is 1.28. The largest absolute Gasteiger partial charge is 0.294 e. The molecule has 0 atom stereocenters. The van der Waals surface area contributed by atoms with Crippen LogP contribution in [0.3, 0.4) is 0 Å². The zero-order chi connectivity index (χ0) is 7.28. The van der Waals surface area contributed by atoms with Crippen LogP contribution in [0.25, 0.3) is 0 Å². The van der Waals surface area contributed by atoms with E-state index >= 15 is 0 Å². The number of hydrogen-bond donors (Lipinski definition) is 4. The van der Waals surface area contributed by atoms with E-state index in [1.807, 2.05) is 0 Å². The summed E-state index contributed by atoms with van der Waals surface area (Å²) in [5, 5.41) is 7.86. The molecule has 6 nitrogen and oxygen atoms in total. The molecule has 2 amide bonds. The molecule has 0 rings (SSSR count). The van der Waals surface area contributed by atoms with Crippen molar-refractivity contribution in [3.8, 4) is 0 Å². The van der Waals surface area contributed by atoms with Crippen molar-refractivity contribution >= 4 is 11.8 Å². The number of hydrogen-bond acceptors (Lipinski definition) is 4. The summed E-state index contributed by atoms with van der Waals surface area (Å²) in [4.78, 5) is 20.3. The van der Waals surface area contributed by atoms with Gasteiger partial charge in [-0.2, -0.15) is 0 Å². The molecule has 0 aromatic carbocycles. The lowest BCUT2D eigenvalue weighted by atomic mass is 10.4. The topological polar surface area (TPSA) is 104 Å². The van der Waals surface area contributed by atoms with Crippen LogP contribution in [0.1, 0.15) is 6.42 Å². The van der Waals surface area contributed by atoms with Gasteiger partial charge in [-0.15, -0.1) is 0 Å². The van der Waals surface area contributed by atoms with Gasteiger partial charge in [-0.05, 0) is 0 Å². The molecule has 0 saturated carbocycles. The highest BCUT2D eigenvalue weighted by molar-refractivity contribution is 5.96. The van der Waals surface area contributed by atoms with Crippen molar-refractivity contribution in [2.45, 2.75) is 6.42 Å². The monoisotopic (exact) mass is 133 g/mol. The van der Waals surface area contributed by atoms with Gasteiger partial charge in [-0.25, -0.2) is 11.3 Å². The summed E-state index contributed by atoms with van der Waals surface area (Å²) in [5.41, 5.74) is 2.99. The van der Waals surface area contributed by atoms with Crippen molar-refractivity contribution < 1.29 is 14.8 Å². The van der Waals surface area contributed by atoms with Gasteiger partial charge in [0.15, 0.2) is 0 Å². The summed E-state index contributed by atoms with van der Waals surface area (Å²) >= 11 is 0. The number of nitrogens with one attached hydrogen (secondary N) is 2. The first-order valence-corrected chi connectivity index (χ1v) is 2.13. The summed E-state index contributed by atoms with van der Waals surface area (Å²) < 4.78 is 0. The number of hydrazine groups is 1. The average molecular weight is 133 g/mol. The van der Waals surface area contributed by atoms with Gasteiger partial charge in [0.2, 0.25) is 5.91 Å². The fourth-order valence-corrected chi connectivity index (χ4v) is 0.236. The van der Waals surface area contributed by atoms with E-state index in [9.17, 15) is 9.59 Å². The highest BCUT2D eigenvalue weighted by Gasteiger charge is 2.04. The Kier molecular flexibility index (Phi) is 3.33. The Morgan fingerprint density at radius 1 is 1.44 bits per heavy atom. The minimum Gasteiger partial charge on any atom is -0.294 e. The molecular weight excluding hydrogens is 126 g/mol. The molecule has 0 saturated heterocycles. The van der Waals surface area contributed by atoms with E-state index in [0.29, 0.717) is 0 Å². The maximum Gasteiger partial charge on any atom is 0.252 e.